The molecule has 0 bridgehead atoms. The third kappa shape index (κ3) is 1.44. The van der Waals surface area contributed by atoms with Crippen molar-refractivity contribution in [1.29, 1.82) is 0 Å². The van der Waals surface area contributed by atoms with Crippen LogP contribution in [0.5, 0.6) is 0 Å². The van der Waals surface area contributed by atoms with Crippen LogP contribution in [0.25, 0.3) is 0 Å². The summed E-state index contributed by atoms with van der Waals surface area (Å²) in [7, 11) is 0. The molecule has 0 aromatic carbocycles. The van der Waals surface area contributed by atoms with Crippen molar-refractivity contribution < 1.29 is 13.2 Å². The molecule has 1 saturated heterocycles. The average Bonchev–Trinajstić information content (AvgIpc) is 2.84. The highest BCUT2D eigenvalue weighted by Crippen LogP contribution is 2.53. The molecule has 0 spiro atoms. The summed E-state index contributed by atoms with van der Waals surface area (Å²) in [5, 5.41) is 3.06. The van der Waals surface area contributed by atoms with E-state index in [1.165, 1.54) is 0 Å². The van der Waals surface area contributed by atoms with Crippen LogP contribution in [0.3, 0.4) is 0 Å². The molecule has 1 saturated carbocycles. The molecule has 0 atom stereocenters. The zero-order valence-corrected chi connectivity index (χ0v) is 7.32. The monoisotopic (exact) mass is 194 g/mol. The van der Waals surface area contributed by atoms with Gasteiger partial charge in [-0.2, -0.15) is 13.2 Å². The molecule has 2 rings (SSSR count). The first-order chi connectivity index (χ1) is 6.06. The van der Waals surface area contributed by atoms with Crippen molar-refractivity contribution in [1.82, 2.24) is 10.2 Å². The molecular formula is C8H13F3N2. The first-order valence-electron chi connectivity index (χ1n) is 4.59. The van der Waals surface area contributed by atoms with Gasteiger partial charge >= 0.3 is 6.18 Å². The van der Waals surface area contributed by atoms with Crippen LogP contribution in [-0.4, -0.2) is 42.8 Å². The summed E-state index contributed by atoms with van der Waals surface area (Å²) in [4.78, 5) is 1.59. The second kappa shape index (κ2) is 2.85. The van der Waals surface area contributed by atoms with Crippen molar-refractivity contribution in [2.45, 2.75) is 24.6 Å². The van der Waals surface area contributed by atoms with Crippen LogP contribution in [0.2, 0.25) is 0 Å². The van der Waals surface area contributed by atoms with Gasteiger partial charge in [0.1, 0.15) is 5.54 Å². The molecule has 0 amide bonds. The van der Waals surface area contributed by atoms with E-state index < -0.39 is 11.7 Å². The summed E-state index contributed by atoms with van der Waals surface area (Å²) in [6.07, 6.45) is -3.46. The van der Waals surface area contributed by atoms with Gasteiger partial charge in [0.2, 0.25) is 0 Å². The third-order valence-electron chi connectivity index (χ3n) is 2.97. The van der Waals surface area contributed by atoms with E-state index in [0.717, 1.165) is 0 Å². The van der Waals surface area contributed by atoms with Gasteiger partial charge < -0.3 is 5.32 Å². The van der Waals surface area contributed by atoms with E-state index in [4.69, 9.17) is 0 Å². The summed E-state index contributed by atoms with van der Waals surface area (Å²) in [5.74, 6) is 0. The molecule has 76 valence electrons. The Morgan fingerprint density at radius 3 is 2.00 bits per heavy atom. The molecule has 5 heteroatoms. The Hall–Kier alpha value is -0.290. The zero-order chi connectivity index (χ0) is 9.53. The minimum absolute atomic E-state index is 0.288. The fourth-order valence-corrected chi connectivity index (χ4v) is 1.99. The van der Waals surface area contributed by atoms with Crippen molar-refractivity contribution >= 4 is 0 Å². The van der Waals surface area contributed by atoms with Crippen LogP contribution in [0.15, 0.2) is 0 Å². The summed E-state index contributed by atoms with van der Waals surface area (Å²) in [6, 6.07) is 0. The van der Waals surface area contributed by atoms with E-state index in [2.05, 4.69) is 5.32 Å². The van der Waals surface area contributed by atoms with E-state index in [1.807, 2.05) is 0 Å². The molecule has 2 nitrogen and oxygen atoms in total. The molecule has 1 N–H and O–H groups in total. The van der Waals surface area contributed by atoms with E-state index >= 15 is 0 Å². The van der Waals surface area contributed by atoms with Gasteiger partial charge in [-0.25, -0.2) is 0 Å². The van der Waals surface area contributed by atoms with E-state index in [-0.39, 0.29) is 12.8 Å². The van der Waals surface area contributed by atoms with Gasteiger partial charge in [0.05, 0.1) is 0 Å². The van der Waals surface area contributed by atoms with Gasteiger partial charge in [-0.15, -0.1) is 0 Å². The van der Waals surface area contributed by atoms with Crippen LogP contribution in [0.1, 0.15) is 12.8 Å². The van der Waals surface area contributed by atoms with Gasteiger partial charge in [-0.05, 0) is 12.8 Å². The van der Waals surface area contributed by atoms with Gasteiger partial charge in [-0.3, -0.25) is 4.90 Å². The molecule has 1 aliphatic heterocycles. The lowest BCUT2D eigenvalue weighted by Crippen LogP contribution is -2.55. The SMILES string of the molecule is FC(F)(F)C1(N2CCNCC2)CC1. The van der Waals surface area contributed by atoms with Gasteiger partial charge in [0, 0.05) is 26.2 Å². The largest absolute Gasteiger partial charge is 0.406 e. The molecule has 0 aromatic heterocycles. The molecule has 1 aliphatic carbocycles. The highest BCUT2D eigenvalue weighted by atomic mass is 19.4. The third-order valence-corrected chi connectivity index (χ3v) is 2.97. The smallest absolute Gasteiger partial charge is 0.314 e. The van der Waals surface area contributed by atoms with E-state index in [9.17, 15) is 13.2 Å². The molecule has 13 heavy (non-hydrogen) atoms. The highest BCUT2D eigenvalue weighted by Gasteiger charge is 2.66. The Labute approximate surface area is 75.1 Å². The van der Waals surface area contributed by atoms with E-state index in [0.29, 0.717) is 26.2 Å². The fraction of sp³-hybridized carbons (Fsp3) is 1.00. The van der Waals surface area contributed by atoms with Crippen molar-refractivity contribution in [3.05, 3.63) is 0 Å². The van der Waals surface area contributed by atoms with Crippen molar-refractivity contribution in [2.75, 3.05) is 26.2 Å². The minimum atomic E-state index is -4.04. The van der Waals surface area contributed by atoms with Crippen LogP contribution in [0.4, 0.5) is 13.2 Å². The van der Waals surface area contributed by atoms with Crippen molar-refractivity contribution in [2.24, 2.45) is 0 Å². The van der Waals surface area contributed by atoms with Crippen LogP contribution < -0.4 is 5.32 Å². The van der Waals surface area contributed by atoms with Crippen LogP contribution in [-0.2, 0) is 0 Å². The molecular weight excluding hydrogens is 181 g/mol. The first kappa shape index (κ1) is 9.27. The summed E-state index contributed by atoms with van der Waals surface area (Å²) >= 11 is 0. The van der Waals surface area contributed by atoms with E-state index in [1.54, 1.807) is 4.90 Å². The molecule has 0 unspecified atom stereocenters. The zero-order valence-electron chi connectivity index (χ0n) is 7.32. The molecule has 0 radical (unpaired) electrons. The molecule has 2 fully saturated rings. The molecule has 1 heterocycles. The number of hydrogen-bond donors (Lipinski definition) is 1. The van der Waals surface area contributed by atoms with Crippen LogP contribution >= 0.6 is 0 Å². The number of hydrogen-bond acceptors (Lipinski definition) is 2. The number of piperazine rings is 1. The highest BCUT2D eigenvalue weighted by molar-refractivity contribution is 5.10. The maximum Gasteiger partial charge on any atom is 0.406 e. The maximum absolute atomic E-state index is 12.6. The summed E-state index contributed by atoms with van der Waals surface area (Å²) in [6.45, 7) is 2.41. The Morgan fingerprint density at radius 1 is 1.08 bits per heavy atom. The fourth-order valence-electron chi connectivity index (χ4n) is 1.99. The summed E-state index contributed by atoms with van der Waals surface area (Å²) in [5.41, 5.74) is -1.45. The second-order valence-corrected chi connectivity index (χ2v) is 3.77. The minimum Gasteiger partial charge on any atom is -0.314 e. The standard InChI is InChI=1S/C8H13F3N2/c9-8(10,11)7(1-2-7)13-5-3-12-4-6-13/h12H,1-6H2. The Balaban J connectivity index is 2.06. The normalized spacial score (nSPS) is 28.8. The lowest BCUT2D eigenvalue weighted by atomic mass is 10.2. The Morgan fingerprint density at radius 2 is 1.62 bits per heavy atom. The predicted octanol–water partition coefficient (Wildman–Crippen LogP) is 0.986. The first-order valence-corrected chi connectivity index (χ1v) is 4.59. The van der Waals surface area contributed by atoms with Crippen molar-refractivity contribution in [3.8, 4) is 0 Å². The predicted molar refractivity (Wildman–Crippen MR) is 42.5 cm³/mol. The number of alkyl halides is 3. The number of nitrogens with zero attached hydrogens (tertiary/aromatic N) is 1. The number of rotatable bonds is 1. The molecule has 0 aromatic rings. The Kier molecular flexibility index (Phi) is 2.03. The second-order valence-electron chi connectivity index (χ2n) is 3.77. The lowest BCUT2D eigenvalue weighted by molar-refractivity contribution is -0.197. The summed E-state index contributed by atoms with van der Waals surface area (Å²) < 4.78 is 37.9. The van der Waals surface area contributed by atoms with Crippen molar-refractivity contribution in [3.63, 3.8) is 0 Å². The van der Waals surface area contributed by atoms with Gasteiger partial charge in [0.15, 0.2) is 0 Å². The lowest BCUT2D eigenvalue weighted by Gasteiger charge is -2.36. The Bertz CT molecular complexity index is 192. The maximum atomic E-state index is 12.6. The number of halogens is 3. The van der Waals surface area contributed by atoms with Crippen LogP contribution in [0, 0.1) is 0 Å². The quantitative estimate of drug-likeness (QED) is 0.669. The van der Waals surface area contributed by atoms with Gasteiger partial charge in [0.25, 0.3) is 0 Å². The molecule has 2 aliphatic rings. The topological polar surface area (TPSA) is 15.3 Å². The van der Waals surface area contributed by atoms with Gasteiger partial charge in [-0.1, -0.05) is 0 Å². The number of nitrogens with one attached hydrogen (secondary N) is 1. The average molecular weight is 194 g/mol.